The summed E-state index contributed by atoms with van der Waals surface area (Å²) in [6, 6.07) is 5.61. The van der Waals surface area contributed by atoms with Gasteiger partial charge in [-0.25, -0.2) is 9.97 Å². The Kier molecular flexibility index (Phi) is 7.26. The number of methoxy groups -OCH3 is 2. The number of carbonyl (C=O) groups excluding carboxylic acids is 1. The van der Waals surface area contributed by atoms with E-state index in [1.54, 1.807) is 23.1 Å². The summed E-state index contributed by atoms with van der Waals surface area (Å²) in [5.74, 6) is 0.637. The van der Waals surface area contributed by atoms with Crippen LogP contribution in [0.2, 0.25) is 0 Å². The van der Waals surface area contributed by atoms with Gasteiger partial charge in [-0.05, 0) is 31.3 Å². The maximum absolute atomic E-state index is 13.4. The molecule has 1 aliphatic heterocycles. The number of likely N-dealkylation sites (N-methyl/N-ethyl adjacent to an activating group) is 1. The quantitative estimate of drug-likeness (QED) is 0.489. The summed E-state index contributed by atoms with van der Waals surface area (Å²) in [6.45, 7) is 2.71. The normalized spacial score (nSPS) is 15.1. The zero-order valence-corrected chi connectivity index (χ0v) is 18.2. The molecule has 1 aromatic carbocycles. The largest absolute Gasteiger partial charge is 0.493 e. The Bertz CT molecular complexity index is 934. The first-order valence-corrected chi connectivity index (χ1v) is 10.5. The standard InChI is InChI=1S/C20H23F3N4O3S/c1-26-6-8-27(9-7-26)18(28)12-31-19-24-14(11-17(25-19)20(21,22)23)13-4-5-15(29-2)16(10-13)30-3/h4-5,10-11H,6-9,12H2,1-3H3. The predicted octanol–water partition coefficient (Wildman–Crippen LogP) is 3.05. The first kappa shape index (κ1) is 23.1. The fraction of sp³-hybridized carbons (Fsp3) is 0.450. The van der Waals surface area contributed by atoms with Crippen molar-refractivity contribution < 1.29 is 27.4 Å². The average Bonchev–Trinajstić information content (AvgIpc) is 2.76. The van der Waals surface area contributed by atoms with Crippen LogP contribution in [0.25, 0.3) is 11.3 Å². The van der Waals surface area contributed by atoms with Crippen LogP contribution < -0.4 is 9.47 Å². The molecule has 168 valence electrons. The second kappa shape index (κ2) is 9.73. The zero-order chi connectivity index (χ0) is 22.6. The van der Waals surface area contributed by atoms with Crippen LogP contribution in [-0.4, -0.2) is 78.9 Å². The summed E-state index contributed by atoms with van der Waals surface area (Å²) in [6.07, 6.45) is -4.65. The van der Waals surface area contributed by atoms with E-state index >= 15 is 0 Å². The number of amides is 1. The lowest BCUT2D eigenvalue weighted by Gasteiger charge is -2.32. The molecule has 0 N–H and O–H groups in total. The van der Waals surface area contributed by atoms with Crippen LogP contribution in [0, 0.1) is 0 Å². The molecule has 31 heavy (non-hydrogen) atoms. The van der Waals surface area contributed by atoms with E-state index in [0.29, 0.717) is 30.2 Å². The minimum Gasteiger partial charge on any atom is -0.493 e. The second-order valence-corrected chi connectivity index (χ2v) is 7.90. The summed E-state index contributed by atoms with van der Waals surface area (Å²) in [4.78, 5) is 24.1. The number of thioether (sulfide) groups is 1. The number of benzene rings is 1. The number of rotatable bonds is 6. The van der Waals surface area contributed by atoms with Crippen LogP contribution in [0.1, 0.15) is 5.69 Å². The van der Waals surface area contributed by atoms with Crippen LogP contribution in [0.5, 0.6) is 11.5 Å². The van der Waals surface area contributed by atoms with Gasteiger partial charge in [-0.2, -0.15) is 13.2 Å². The highest BCUT2D eigenvalue weighted by atomic mass is 32.2. The molecule has 1 fully saturated rings. The number of carbonyl (C=O) groups is 1. The molecule has 0 radical (unpaired) electrons. The molecule has 0 saturated carbocycles. The minimum absolute atomic E-state index is 0.0314. The lowest BCUT2D eigenvalue weighted by Crippen LogP contribution is -2.47. The van der Waals surface area contributed by atoms with Crippen LogP contribution in [0.15, 0.2) is 29.4 Å². The molecule has 11 heteroatoms. The van der Waals surface area contributed by atoms with Crippen LogP contribution in [-0.2, 0) is 11.0 Å². The van der Waals surface area contributed by atoms with Crippen molar-refractivity contribution in [3.63, 3.8) is 0 Å². The fourth-order valence-corrected chi connectivity index (χ4v) is 3.81. The van der Waals surface area contributed by atoms with Crippen LogP contribution in [0.4, 0.5) is 13.2 Å². The third kappa shape index (κ3) is 5.79. The summed E-state index contributed by atoms with van der Waals surface area (Å²) in [5.41, 5.74) is -0.572. The fourth-order valence-electron chi connectivity index (χ4n) is 3.05. The highest BCUT2D eigenvalue weighted by molar-refractivity contribution is 7.99. The zero-order valence-electron chi connectivity index (χ0n) is 17.4. The van der Waals surface area contributed by atoms with Crippen molar-refractivity contribution in [2.24, 2.45) is 0 Å². The van der Waals surface area contributed by atoms with E-state index in [1.165, 1.54) is 14.2 Å². The molecule has 0 spiro atoms. The van der Waals surface area contributed by atoms with Gasteiger partial charge in [0.15, 0.2) is 16.7 Å². The number of nitrogens with zero attached hydrogens (tertiary/aromatic N) is 4. The number of halogens is 3. The average molecular weight is 456 g/mol. The van der Waals surface area contributed by atoms with E-state index in [2.05, 4.69) is 14.9 Å². The Hall–Kier alpha value is -2.53. The summed E-state index contributed by atoms with van der Waals surface area (Å²) in [5, 5.41) is -0.109. The van der Waals surface area contributed by atoms with Crippen molar-refractivity contribution in [1.82, 2.24) is 19.8 Å². The van der Waals surface area contributed by atoms with Crippen molar-refractivity contribution in [3.8, 4) is 22.8 Å². The Morgan fingerprint density at radius 1 is 1.06 bits per heavy atom. The van der Waals surface area contributed by atoms with Gasteiger partial charge in [0.2, 0.25) is 5.91 Å². The smallest absolute Gasteiger partial charge is 0.433 e. The van der Waals surface area contributed by atoms with E-state index in [0.717, 1.165) is 30.9 Å². The van der Waals surface area contributed by atoms with E-state index in [9.17, 15) is 18.0 Å². The van der Waals surface area contributed by atoms with Crippen molar-refractivity contribution in [2.75, 3.05) is 53.2 Å². The Morgan fingerprint density at radius 2 is 1.74 bits per heavy atom. The topological polar surface area (TPSA) is 67.8 Å². The highest BCUT2D eigenvalue weighted by Crippen LogP contribution is 2.35. The lowest BCUT2D eigenvalue weighted by atomic mass is 10.1. The maximum atomic E-state index is 13.4. The number of aromatic nitrogens is 2. The Morgan fingerprint density at radius 3 is 2.35 bits per heavy atom. The summed E-state index contributed by atoms with van der Waals surface area (Å²) >= 11 is 0.897. The van der Waals surface area contributed by atoms with E-state index < -0.39 is 11.9 Å². The van der Waals surface area contributed by atoms with Gasteiger partial charge in [0.05, 0.1) is 25.7 Å². The van der Waals surface area contributed by atoms with Crippen molar-refractivity contribution >= 4 is 17.7 Å². The second-order valence-electron chi connectivity index (χ2n) is 6.96. The number of ether oxygens (including phenoxy) is 2. The molecular formula is C20H23F3N4O3S. The van der Waals surface area contributed by atoms with Gasteiger partial charge >= 0.3 is 6.18 Å². The molecule has 3 rings (SSSR count). The van der Waals surface area contributed by atoms with Gasteiger partial charge < -0.3 is 19.3 Å². The molecule has 0 bridgehead atoms. The lowest BCUT2D eigenvalue weighted by molar-refractivity contribution is -0.141. The Balaban J connectivity index is 1.85. The number of hydrogen-bond acceptors (Lipinski definition) is 7. The van der Waals surface area contributed by atoms with Gasteiger partial charge in [0, 0.05) is 31.7 Å². The predicted molar refractivity (Wildman–Crippen MR) is 110 cm³/mol. The number of piperazine rings is 1. The van der Waals surface area contributed by atoms with Gasteiger partial charge in [0.25, 0.3) is 0 Å². The molecule has 0 unspecified atom stereocenters. The molecule has 7 nitrogen and oxygen atoms in total. The third-order valence-corrected chi connectivity index (χ3v) is 5.69. The van der Waals surface area contributed by atoms with Crippen LogP contribution in [0.3, 0.4) is 0 Å². The first-order chi connectivity index (χ1) is 14.7. The highest BCUT2D eigenvalue weighted by Gasteiger charge is 2.34. The number of alkyl halides is 3. The SMILES string of the molecule is COc1ccc(-c2cc(C(F)(F)F)nc(SCC(=O)N3CCN(C)CC3)n2)cc1OC. The summed E-state index contributed by atoms with van der Waals surface area (Å²) < 4.78 is 50.7. The third-order valence-electron chi connectivity index (χ3n) is 4.86. The molecule has 2 heterocycles. The summed E-state index contributed by atoms with van der Waals surface area (Å²) in [7, 11) is 4.88. The van der Waals surface area contributed by atoms with Crippen LogP contribution >= 0.6 is 11.8 Å². The maximum Gasteiger partial charge on any atom is 0.433 e. The molecule has 1 aliphatic rings. The minimum atomic E-state index is -4.65. The molecule has 0 aliphatic carbocycles. The van der Waals surface area contributed by atoms with Crippen molar-refractivity contribution in [1.29, 1.82) is 0 Å². The van der Waals surface area contributed by atoms with E-state index in [-0.39, 0.29) is 22.5 Å². The van der Waals surface area contributed by atoms with Gasteiger partial charge in [-0.15, -0.1) is 0 Å². The molecule has 1 amide bonds. The first-order valence-electron chi connectivity index (χ1n) is 9.49. The van der Waals surface area contributed by atoms with Gasteiger partial charge in [-0.3, -0.25) is 4.79 Å². The molecule has 0 atom stereocenters. The number of hydrogen-bond donors (Lipinski definition) is 0. The molecular weight excluding hydrogens is 433 g/mol. The Labute approximate surface area is 182 Å². The molecule has 1 aromatic heterocycles. The monoisotopic (exact) mass is 456 g/mol. The van der Waals surface area contributed by atoms with Gasteiger partial charge in [-0.1, -0.05) is 11.8 Å². The van der Waals surface area contributed by atoms with Gasteiger partial charge in [0.1, 0.15) is 5.69 Å². The van der Waals surface area contributed by atoms with E-state index in [4.69, 9.17) is 9.47 Å². The van der Waals surface area contributed by atoms with Crippen molar-refractivity contribution in [2.45, 2.75) is 11.3 Å². The van der Waals surface area contributed by atoms with Crippen molar-refractivity contribution in [3.05, 3.63) is 30.0 Å². The molecule has 2 aromatic rings. The molecule has 1 saturated heterocycles. The van der Waals surface area contributed by atoms with E-state index in [1.807, 2.05) is 7.05 Å².